The Bertz CT molecular complexity index is 562. The second-order valence-corrected chi connectivity index (χ2v) is 8.73. The highest BCUT2D eigenvalue weighted by molar-refractivity contribution is 5.78. The van der Waals surface area contributed by atoms with E-state index in [9.17, 15) is 4.79 Å². The molecule has 0 saturated carbocycles. The lowest BCUT2D eigenvalue weighted by Gasteiger charge is -2.45. The Balaban J connectivity index is 2.61. The molecule has 0 bridgehead atoms. The molecule has 0 aliphatic heterocycles. The molecule has 1 atom stereocenters. The monoisotopic (exact) mass is 362 g/mol. The largest absolute Gasteiger partial charge is 0.463 e. The van der Waals surface area contributed by atoms with Crippen LogP contribution >= 0.6 is 0 Å². The van der Waals surface area contributed by atoms with Crippen LogP contribution in [0.4, 0.5) is 0 Å². The predicted octanol–water partition coefficient (Wildman–Crippen LogP) is 5.75. The van der Waals surface area contributed by atoms with Crippen LogP contribution in [-0.2, 0) is 9.53 Å². The lowest BCUT2D eigenvalue weighted by atomic mass is 9.59. The van der Waals surface area contributed by atoms with E-state index >= 15 is 0 Å². The average Bonchev–Trinajstić information content (AvgIpc) is 2.55. The van der Waals surface area contributed by atoms with Gasteiger partial charge < -0.3 is 9.84 Å². The molecule has 1 rings (SSSR count). The molecule has 0 radical (unpaired) electrons. The maximum atomic E-state index is 12.5. The van der Waals surface area contributed by atoms with Crippen molar-refractivity contribution in [3.05, 3.63) is 34.9 Å². The van der Waals surface area contributed by atoms with E-state index in [1.165, 1.54) is 16.7 Å². The van der Waals surface area contributed by atoms with E-state index in [0.717, 1.165) is 32.1 Å². The lowest BCUT2D eigenvalue weighted by Crippen LogP contribution is -2.45. The van der Waals surface area contributed by atoms with Crippen LogP contribution in [0.1, 0.15) is 80.1 Å². The summed E-state index contributed by atoms with van der Waals surface area (Å²) in [6.45, 7) is 12.8. The smallest absolute Gasteiger partial charge is 0.312 e. The third-order valence-corrected chi connectivity index (χ3v) is 5.79. The quantitative estimate of drug-likeness (QED) is 0.420. The first kappa shape index (κ1) is 22.7. The van der Waals surface area contributed by atoms with Crippen LogP contribution in [0.15, 0.2) is 34.9 Å². The van der Waals surface area contributed by atoms with Crippen molar-refractivity contribution >= 4 is 5.97 Å². The highest BCUT2D eigenvalue weighted by Crippen LogP contribution is 2.51. The molecule has 0 saturated heterocycles. The van der Waals surface area contributed by atoms with Crippen molar-refractivity contribution in [1.29, 1.82) is 0 Å². The van der Waals surface area contributed by atoms with Gasteiger partial charge in [-0.15, -0.1) is 0 Å². The van der Waals surface area contributed by atoms with Crippen molar-refractivity contribution in [1.82, 2.24) is 0 Å². The molecule has 1 N–H and O–H groups in total. The van der Waals surface area contributed by atoms with Crippen molar-refractivity contribution in [3.8, 4) is 0 Å². The van der Waals surface area contributed by atoms with Crippen LogP contribution in [0, 0.1) is 10.8 Å². The van der Waals surface area contributed by atoms with Gasteiger partial charge in [0.2, 0.25) is 0 Å². The molecule has 0 aromatic heterocycles. The summed E-state index contributed by atoms with van der Waals surface area (Å²) in [5, 5.41) is 8.89. The first-order chi connectivity index (χ1) is 12.1. The van der Waals surface area contributed by atoms with E-state index < -0.39 is 5.41 Å². The van der Waals surface area contributed by atoms with Gasteiger partial charge in [-0.1, -0.05) is 48.8 Å². The number of esters is 1. The summed E-state index contributed by atoms with van der Waals surface area (Å²) in [6, 6.07) is 0. The molecule has 0 aromatic rings. The molecule has 0 aromatic carbocycles. The van der Waals surface area contributed by atoms with Crippen molar-refractivity contribution in [2.75, 3.05) is 13.2 Å². The highest BCUT2D eigenvalue weighted by Gasteiger charge is 2.49. The van der Waals surface area contributed by atoms with E-state index in [2.05, 4.69) is 52.8 Å². The van der Waals surface area contributed by atoms with Gasteiger partial charge in [-0.05, 0) is 71.6 Å². The second kappa shape index (κ2) is 10.1. The number of carbonyl (C=O) groups excluding carboxylic acids is 1. The normalized spacial score (nSPS) is 22.6. The van der Waals surface area contributed by atoms with Gasteiger partial charge in [0.15, 0.2) is 0 Å². The summed E-state index contributed by atoms with van der Waals surface area (Å²) in [7, 11) is 0. The minimum absolute atomic E-state index is 0.0812. The van der Waals surface area contributed by atoms with Gasteiger partial charge in [0, 0.05) is 0 Å². The fourth-order valence-corrected chi connectivity index (χ4v) is 3.50. The van der Waals surface area contributed by atoms with E-state index in [4.69, 9.17) is 9.84 Å². The Hall–Kier alpha value is -1.35. The number of ether oxygens (including phenoxy) is 1. The third kappa shape index (κ3) is 6.42. The highest BCUT2D eigenvalue weighted by atomic mass is 16.5. The molecule has 0 fully saturated rings. The summed E-state index contributed by atoms with van der Waals surface area (Å²) in [5.74, 6) is -0.193. The number of carbonyl (C=O) groups is 1. The van der Waals surface area contributed by atoms with Crippen LogP contribution in [0.2, 0.25) is 0 Å². The zero-order valence-electron chi connectivity index (χ0n) is 17.7. The van der Waals surface area contributed by atoms with E-state index in [0.29, 0.717) is 6.42 Å². The Kier molecular flexibility index (Phi) is 8.82. The average molecular weight is 363 g/mol. The molecule has 0 heterocycles. The number of aliphatic hydroxyl groups excluding tert-OH is 1. The van der Waals surface area contributed by atoms with Crippen molar-refractivity contribution < 1.29 is 14.6 Å². The van der Waals surface area contributed by atoms with Gasteiger partial charge in [-0.2, -0.15) is 0 Å². The fourth-order valence-electron chi connectivity index (χ4n) is 3.50. The number of rotatable bonds is 9. The van der Waals surface area contributed by atoms with Crippen molar-refractivity contribution in [2.45, 2.75) is 80.1 Å². The standard InChI is InChI=1S/C23H38O3/c1-18(2)9-7-10-19(3)11-8-12-20-13-14-23(6,22(4,5)17-20)21(25)26-16-15-24/h9,11,13,24H,7-8,10,12,14-17H2,1-6H3/b19-11+. The van der Waals surface area contributed by atoms with Crippen LogP contribution < -0.4 is 0 Å². The van der Waals surface area contributed by atoms with Gasteiger partial charge in [0.25, 0.3) is 0 Å². The lowest BCUT2D eigenvalue weighted by molar-refractivity contribution is -0.164. The SMILES string of the molecule is CC(C)=CCC/C(C)=C/CCC1=CCC(C)(C(=O)OCCO)C(C)(C)C1. The Morgan fingerprint density at radius 3 is 2.46 bits per heavy atom. The predicted molar refractivity (Wildman–Crippen MR) is 109 cm³/mol. The minimum atomic E-state index is -0.526. The molecule has 148 valence electrons. The second-order valence-electron chi connectivity index (χ2n) is 8.73. The van der Waals surface area contributed by atoms with Crippen LogP contribution in [0.25, 0.3) is 0 Å². The summed E-state index contributed by atoms with van der Waals surface area (Å²) in [6.07, 6.45) is 12.9. The summed E-state index contributed by atoms with van der Waals surface area (Å²) >= 11 is 0. The van der Waals surface area contributed by atoms with Gasteiger partial charge in [0.05, 0.1) is 12.0 Å². The van der Waals surface area contributed by atoms with Crippen LogP contribution in [0.5, 0.6) is 0 Å². The minimum Gasteiger partial charge on any atom is -0.463 e. The first-order valence-electron chi connectivity index (χ1n) is 9.87. The van der Waals surface area contributed by atoms with Gasteiger partial charge >= 0.3 is 5.97 Å². The Labute approximate surface area is 160 Å². The number of allylic oxidation sites excluding steroid dienone is 6. The van der Waals surface area contributed by atoms with Crippen molar-refractivity contribution in [3.63, 3.8) is 0 Å². The van der Waals surface area contributed by atoms with Crippen molar-refractivity contribution in [2.24, 2.45) is 10.8 Å². The molecule has 0 amide bonds. The van der Waals surface area contributed by atoms with Gasteiger partial charge in [-0.25, -0.2) is 0 Å². The summed E-state index contributed by atoms with van der Waals surface area (Å²) < 4.78 is 5.24. The van der Waals surface area contributed by atoms with E-state index in [-0.39, 0.29) is 24.6 Å². The number of hydrogen-bond acceptors (Lipinski definition) is 3. The van der Waals surface area contributed by atoms with E-state index in [1.807, 2.05) is 6.92 Å². The zero-order chi connectivity index (χ0) is 19.8. The zero-order valence-corrected chi connectivity index (χ0v) is 17.7. The molecule has 0 spiro atoms. The Morgan fingerprint density at radius 2 is 1.88 bits per heavy atom. The van der Waals surface area contributed by atoms with E-state index in [1.54, 1.807) is 0 Å². The molecule has 1 aliphatic rings. The molecule has 1 unspecified atom stereocenters. The topological polar surface area (TPSA) is 46.5 Å². The third-order valence-electron chi connectivity index (χ3n) is 5.79. The molecular formula is C23H38O3. The maximum Gasteiger partial charge on any atom is 0.312 e. The number of aliphatic hydroxyl groups is 1. The molecule has 3 heteroatoms. The first-order valence-corrected chi connectivity index (χ1v) is 9.87. The molecular weight excluding hydrogens is 324 g/mol. The number of hydrogen-bond donors (Lipinski definition) is 1. The van der Waals surface area contributed by atoms with Gasteiger partial charge in [0.1, 0.15) is 6.61 Å². The molecule has 3 nitrogen and oxygen atoms in total. The molecule has 26 heavy (non-hydrogen) atoms. The Morgan fingerprint density at radius 1 is 1.19 bits per heavy atom. The maximum absolute atomic E-state index is 12.5. The summed E-state index contributed by atoms with van der Waals surface area (Å²) in [4.78, 5) is 12.5. The fraction of sp³-hybridized carbons (Fsp3) is 0.696. The molecule has 1 aliphatic carbocycles. The van der Waals surface area contributed by atoms with Crippen LogP contribution in [0.3, 0.4) is 0 Å². The summed E-state index contributed by atoms with van der Waals surface area (Å²) in [5.41, 5.74) is 3.60. The van der Waals surface area contributed by atoms with Gasteiger partial charge in [-0.3, -0.25) is 4.79 Å². The van der Waals surface area contributed by atoms with Crippen LogP contribution in [-0.4, -0.2) is 24.3 Å².